The van der Waals surface area contributed by atoms with Crippen molar-refractivity contribution in [2.24, 2.45) is 0 Å². The highest BCUT2D eigenvalue weighted by Gasteiger charge is 2.08. The van der Waals surface area contributed by atoms with Crippen molar-refractivity contribution < 1.29 is 14.9 Å². The van der Waals surface area contributed by atoms with E-state index in [1.54, 1.807) is 31.4 Å². The van der Waals surface area contributed by atoms with Gasteiger partial charge in [-0.25, -0.2) is 0 Å². The molecule has 1 aromatic heterocycles. The number of aromatic nitrogens is 1. The largest absolute Gasteiger partial charge is 0.497 e. The third kappa shape index (κ3) is 1.61. The van der Waals surface area contributed by atoms with Gasteiger partial charge < -0.3 is 14.9 Å². The Morgan fingerprint density at radius 2 is 1.73 bits per heavy atom. The minimum absolute atomic E-state index is 0.0132. The molecule has 1 aromatic carbocycles. The maximum atomic E-state index is 9.51. The van der Waals surface area contributed by atoms with Crippen LogP contribution in [-0.2, 0) is 0 Å². The third-order valence-corrected chi connectivity index (χ3v) is 2.15. The van der Waals surface area contributed by atoms with Crippen LogP contribution in [0, 0.1) is 0 Å². The van der Waals surface area contributed by atoms with Crippen molar-refractivity contribution in [2.45, 2.75) is 0 Å². The molecule has 2 rings (SSSR count). The molecule has 2 N–H and O–H groups in total. The highest BCUT2D eigenvalue weighted by atomic mass is 16.5. The third-order valence-electron chi connectivity index (χ3n) is 2.15. The van der Waals surface area contributed by atoms with Gasteiger partial charge in [-0.15, -0.1) is 0 Å². The van der Waals surface area contributed by atoms with E-state index < -0.39 is 0 Å². The number of aromatic hydroxyl groups is 2. The fourth-order valence-electron chi connectivity index (χ4n) is 1.43. The molecule has 0 aliphatic heterocycles. The predicted octanol–water partition coefficient (Wildman–Crippen LogP) is 1.90. The summed E-state index contributed by atoms with van der Waals surface area (Å²) >= 11 is 0. The van der Waals surface area contributed by atoms with Crippen molar-refractivity contribution in [3.05, 3.63) is 36.4 Å². The Hall–Kier alpha value is -2.10. The SMILES string of the molecule is COc1cccc(-n2c(O)ccc2O)c1. The van der Waals surface area contributed by atoms with Crippen LogP contribution in [0.15, 0.2) is 36.4 Å². The molecule has 0 unspecified atom stereocenters. The maximum absolute atomic E-state index is 9.51. The number of benzene rings is 1. The van der Waals surface area contributed by atoms with Gasteiger partial charge in [0.25, 0.3) is 0 Å². The maximum Gasteiger partial charge on any atom is 0.198 e. The Morgan fingerprint density at radius 3 is 2.33 bits per heavy atom. The summed E-state index contributed by atoms with van der Waals surface area (Å²) in [5, 5.41) is 19.0. The minimum Gasteiger partial charge on any atom is -0.497 e. The summed E-state index contributed by atoms with van der Waals surface area (Å²) in [7, 11) is 1.56. The summed E-state index contributed by atoms with van der Waals surface area (Å²) in [4.78, 5) is 0. The van der Waals surface area contributed by atoms with Crippen LogP contribution in [0.5, 0.6) is 17.5 Å². The summed E-state index contributed by atoms with van der Waals surface area (Å²) < 4.78 is 6.38. The molecule has 0 aliphatic rings. The molecule has 4 nitrogen and oxygen atoms in total. The number of hydrogen-bond donors (Lipinski definition) is 2. The molecule has 0 saturated carbocycles. The van der Waals surface area contributed by atoms with Crippen LogP contribution in [0.3, 0.4) is 0 Å². The molecule has 0 atom stereocenters. The Balaban J connectivity index is 2.53. The Labute approximate surface area is 87.0 Å². The first kappa shape index (κ1) is 9.45. The molecular weight excluding hydrogens is 194 g/mol. The van der Waals surface area contributed by atoms with Crippen LogP contribution < -0.4 is 4.74 Å². The number of nitrogens with zero attached hydrogens (tertiary/aromatic N) is 1. The van der Waals surface area contributed by atoms with E-state index in [0.717, 1.165) is 0 Å². The van der Waals surface area contributed by atoms with E-state index in [1.807, 2.05) is 0 Å². The summed E-state index contributed by atoms with van der Waals surface area (Å²) in [6, 6.07) is 9.92. The smallest absolute Gasteiger partial charge is 0.198 e. The van der Waals surface area contributed by atoms with E-state index in [-0.39, 0.29) is 11.8 Å². The van der Waals surface area contributed by atoms with Gasteiger partial charge in [-0.05, 0) is 12.1 Å². The van der Waals surface area contributed by atoms with E-state index in [0.29, 0.717) is 11.4 Å². The Kier molecular flexibility index (Phi) is 2.25. The van der Waals surface area contributed by atoms with Crippen molar-refractivity contribution in [2.75, 3.05) is 7.11 Å². The molecule has 0 amide bonds. The van der Waals surface area contributed by atoms with Crippen molar-refractivity contribution in [3.63, 3.8) is 0 Å². The summed E-state index contributed by atoms with van der Waals surface area (Å²) in [6.45, 7) is 0. The second kappa shape index (κ2) is 3.57. The van der Waals surface area contributed by atoms with Gasteiger partial charge in [0, 0.05) is 18.2 Å². The van der Waals surface area contributed by atoms with E-state index in [1.165, 1.54) is 16.7 Å². The first-order valence-corrected chi connectivity index (χ1v) is 4.46. The number of rotatable bonds is 2. The summed E-state index contributed by atoms with van der Waals surface area (Å²) in [5.74, 6) is 0.640. The fraction of sp³-hybridized carbons (Fsp3) is 0.0909. The quantitative estimate of drug-likeness (QED) is 0.787. The van der Waals surface area contributed by atoms with E-state index in [2.05, 4.69) is 0 Å². The molecule has 78 valence electrons. The van der Waals surface area contributed by atoms with Gasteiger partial charge >= 0.3 is 0 Å². The lowest BCUT2D eigenvalue weighted by Gasteiger charge is -2.08. The zero-order valence-corrected chi connectivity index (χ0v) is 8.21. The zero-order valence-electron chi connectivity index (χ0n) is 8.21. The first-order valence-electron chi connectivity index (χ1n) is 4.46. The predicted molar refractivity (Wildman–Crippen MR) is 55.7 cm³/mol. The average Bonchev–Trinajstić information content (AvgIpc) is 2.59. The molecule has 0 saturated heterocycles. The zero-order chi connectivity index (χ0) is 10.8. The normalized spacial score (nSPS) is 10.2. The van der Waals surface area contributed by atoms with Crippen molar-refractivity contribution in [3.8, 4) is 23.2 Å². The molecule has 1 heterocycles. The number of methoxy groups -OCH3 is 1. The van der Waals surface area contributed by atoms with Crippen LogP contribution in [0.4, 0.5) is 0 Å². The van der Waals surface area contributed by atoms with Crippen molar-refractivity contribution in [1.29, 1.82) is 0 Å². The van der Waals surface area contributed by atoms with Gasteiger partial charge in [0.05, 0.1) is 12.8 Å². The van der Waals surface area contributed by atoms with Crippen molar-refractivity contribution in [1.82, 2.24) is 4.57 Å². The highest BCUT2D eigenvalue weighted by molar-refractivity contribution is 5.45. The van der Waals surface area contributed by atoms with Gasteiger partial charge in [-0.2, -0.15) is 0 Å². The van der Waals surface area contributed by atoms with E-state index >= 15 is 0 Å². The molecule has 0 radical (unpaired) electrons. The molecule has 0 aliphatic carbocycles. The highest BCUT2D eigenvalue weighted by Crippen LogP contribution is 2.28. The van der Waals surface area contributed by atoms with Crippen LogP contribution in [0.2, 0.25) is 0 Å². The van der Waals surface area contributed by atoms with Crippen LogP contribution in [0.25, 0.3) is 5.69 Å². The number of ether oxygens (including phenoxy) is 1. The summed E-state index contributed by atoms with van der Waals surface area (Å²) in [6.07, 6.45) is 0. The van der Waals surface area contributed by atoms with Gasteiger partial charge in [-0.3, -0.25) is 4.57 Å². The molecule has 4 heteroatoms. The average molecular weight is 205 g/mol. The van der Waals surface area contributed by atoms with Crippen LogP contribution in [-0.4, -0.2) is 21.9 Å². The molecular formula is C11H11NO3. The number of hydrogen-bond acceptors (Lipinski definition) is 3. The van der Waals surface area contributed by atoms with Crippen LogP contribution >= 0.6 is 0 Å². The van der Waals surface area contributed by atoms with E-state index in [9.17, 15) is 10.2 Å². The Morgan fingerprint density at radius 1 is 1.07 bits per heavy atom. The lowest BCUT2D eigenvalue weighted by Crippen LogP contribution is -1.93. The second-order valence-electron chi connectivity index (χ2n) is 3.09. The Bertz CT molecular complexity index is 457. The first-order chi connectivity index (χ1) is 7.22. The second-order valence-corrected chi connectivity index (χ2v) is 3.09. The molecule has 2 aromatic rings. The topological polar surface area (TPSA) is 54.6 Å². The minimum atomic E-state index is -0.0132. The van der Waals surface area contributed by atoms with Crippen LogP contribution in [0.1, 0.15) is 0 Å². The monoisotopic (exact) mass is 205 g/mol. The van der Waals surface area contributed by atoms with E-state index in [4.69, 9.17) is 4.74 Å². The van der Waals surface area contributed by atoms with Gasteiger partial charge in [0.2, 0.25) is 0 Å². The standard InChI is InChI=1S/C11H11NO3/c1-15-9-4-2-3-8(7-9)12-10(13)5-6-11(12)14/h2-7,13-14H,1H3. The van der Waals surface area contributed by atoms with Gasteiger partial charge in [0.15, 0.2) is 11.8 Å². The summed E-state index contributed by atoms with van der Waals surface area (Å²) in [5.41, 5.74) is 0.648. The molecule has 0 fully saturated rings. The van der Waals surface area contributed by atoms with Gasteiger partial charge in [0.1, 0.15) is 5.75 Å². The van der Waals surface area contributed by atoms with Crippen molar-refractivity contribution >= 4 is 0 Å². The molecule has 15 heavy (non-hydrogen) atoms. The molecule has 0 bridgehead atoms. The fourth-order valence-corrected chi connectivity index (χ4v) is 1.43. The van der Waals surface area contributed by atoms with Gasteiger partial charge in [-0.1, -0.05) is 6.07 Å². The molecule has 0 spiro atoms. The lowest BCUT2D eigenvalue weighted by molar-refractivity contribution is 0.400. The lowest BCUT2D eigenvalue weighted by atomic mass is 10.3.